The lowest BCUT2D eigenvalue weighted by Gasteiger charge is -2.04. The molecule has 0 saturated heterocycles. The Bertz CT molecular complexity index is 448. The first-order chi connectivity index (χ1) is 7.31. The number of aromatic amines is 1. The van der Waals surface area contributed by atoms with Crippen LogP contribution in [0, 0.1) is 6.92 Å². The van der Waals surface area contributed by atoms with Crippen molar-refractivity contribution in [3.63, 3.8) is 0 Å². The van der Waals surface area contributed by atoms with E-state index in [0.29, 0.717) is 5.95 Å². The molecule has 0 spiro atoms. The first kappa shape index (κ1) is 9.89. The van der Waals surface area contributed by atoms with Gasteiger partial charge in [0.2, 0.25) is 5.95 Å². The number of anilines is 1. The molecule has 2 heterocycles. The Labute approximate surface area is 88.3 Å². The van der Waals surface area contributed by atoms with Gasteiger partial charge in [0, 0.05) is 6.54 Å². The Morgan fingerprint density at radius 3 is 3.07 bits per heavy atom. The molecule has 0 aliphatic carbocycles. The quantitative estimate of drug-likeness (QED) is 0.748. The summed E-state index contributed by atoms with van der Waals surface area (Å²) in [5.41, 5.74) is 2.70. The lowest BCUT2D eigenvalue weighted by Crippen LogP contribution is -2.05. The number of aryl methyl sites for hydroxylation is 1. The summed E-state index contributed by atoms with van der Waals surface area (Å²) in [6, 6.07) is 0. The van der Waals surface area contributed by atoms with E-state index in [1.54, 1.807) is 6.20 Å². The summed E-state index contributed by atoms with van der Waals surface area (Å²) in [5, 5.41) is 10.0. The minimum absolute atomic E-state index is 0.690. The molecule has 2 N–H and O–H groups in total. The zero-order valence-corrected chi connectivity index (χ0v) is 9.04. The molecule has 2 aromatic heterocycles. The van der Waals surface area contributed by atoms with Gasteiger partial charge in [-0.15, -0.1) is 0 Å². The van der Waals surface area contributed by atoms with Crippen molar-refractivity contribution in [3.05, 3.63) is 11.9 Å². The third-order valence-corrected chi connectivity index (χ3v) is 2.29. The number of H-pyrrole nitrogens is 1. The first-order valence-electron chi connectivity index (χ1n) is 5.23. The molecule has 0 aliphatic heterocycles. The van der Waals surface area contributed by atoms with Gasteiger partial charge in [-0.05, 0) is 13.3 Å². The molecular weight excluding hydrogens is 190 g/mol. The second-order valence-corrected chi connectivity index (χ2v) is 3.54. The van der Waals surface area contributed by atoms with Crippen molar-refractivity contribution in [1.29, 1.82) is 0 Å². The van der Waals surface area contributed by atoms with Gasteiger partial charge in [0.1, 0.15) is 11.0 Å². The van der Waals surface area contributed by atoms with E-state index in [9.17, 15) is 0 Å². The highest BCUT2D eigenvalue weighted by Crippen LogP contribution is 2.13. The zero-order chi connectivity index (χ0) is 10.7. The minimum atomic E-state index is 0.690. The molecule has 2 rings (SSSR count). The fourth-order valence-corrected chi connectivity index (χ4v) is 1.44. The molecule has 0 unspecified atom stereocenters. The number of rotatable bonds is 4. The lowest BCUT2D eigenvalue weighted by atomic mass is 10.3. The number of aromatic nitrogens is 4. The van der Waals surface area contributed by atoms with Crippen LogP contribution in [0.3, 0.4) is 0 Å². The molecule has 0 aromatic carbocycles. The van der Waals surface area contributed by atoms with E-state index in [4.69, 9.17) is 0 Å². The van der Waals surface area contributed by atoms with E-state index in [2.05, 4.69) is 32.4 Å². The molecule has 2 aromatic rings. The van der Waals surface area contributed by atoms with Gasteiger partial charge in [-0.2, -0.15) is 5.10 Å². The number of hydrogen-bond donors (Lipinski definition) is 2. The third kappa shape index (κ3) is 2.06. The predicted molar refractivity (Wildman–Crippen MR) is 59.8 cm³/mol. The molecule has 80 valence electrons. The molecule has 5 nitrogen and oxygen atoms in total. The smallest absolute Gasteiger partial charge is 0.223 e. The highest BCUT2D eigenvalue weighted by atomic mass is 15.2. The maximum Gasteiger partial charge on any atom is 0.223 e. The summed E-state index contributed by atoms with van der Waals surface area (Å²) < 4.78 is 0. The Kier molecular flexibility index (Phi) is 2.80. The largest absolute Gasteiger partial charge is 0.354 e. The number of unbranched alkanes of at least 4 members (excludes halogenated alkanes) is 1. The molecular formula is C10H15N5. The standard InChI is InChI=1S/C10H15N5/c1-3-4-5-11-10-13-7(2)9-8(14-10)6-12-15-9/h6H,3-5H2,1-2H3,(H,12,15)(H,11,13,14). The zero-order valence-electron chi connectivity index (χ0n) is 9.04. The highest BCUT2D eigenvalue weighted by molar-refractivity contribution is 5.76. The number of nitrogens with zero attached hydrogens (tertiary/aromatic N) is 3. The number of hydrogen-bond acceptors (Lipinski definition) is 4. The van der Waals surface area contributed by atoms with Crippen LogP contribution in [0.5, 0.6) is 0 Å². The summed E-state index contributed by atoms with van der Waals surface area (Å²) in [6.45, 7) is 5.03. The van der Waals surface area contributed by atoms with Crippen molar-refractivity contribution in [2.75, 3.05) is 11.9 Å². The summed E-state index contributed by atoms with van der Waals surface area (Å²) >= 11 is 0. The molecule has 5 heteroatoms. The van der Waals surface area contributed by atoms with Gasteiger partial charge in [0.15, 0.2) is 0 Å². The van der Waals surface area contributed by atoms with Gasteiger partial charge in [0.05, 0.1) is 11.9 Å². The van der Waals surface area contributed by atoms with Crippen molar-refractivity contribution >= 4 is 17.0 Å². The first-order valence-corrected chi connectivity index (χ1v) is 5.23. The van der Waals surface area contributed by atoms with Crippen molar-refractivity contribution < 1.29 is 0 Å². The summed E-state index contributed by atoms with van der Waals surface area (Å²) in [4.78, 5) is 8.70. The topological polar surface area (TPSA) is 66.5 Å². The van der Waals surface area contributed by atoms with Crippen LogP contribution in [0.2, 0.25) is 0 Å². The van der Waals surface area contributed by atoms with E-state index < -0.39 is 0 Å². The lowest BCUT2D eigenvalue weighted by molar-refractivity contribution is 0.826. The normalized spacial score (nSPS) is 10.8. The fourth-order valence-electron chi connectivity index (χ4n) is 1.44. The van der Waals surface area contributed by atoms with Crippen molar-refractivity contribution in [3.8, 4) is 0 Å². The van der Waals surface area contributed by atoms with Crippen LogP contribution in [0.4, 0.5) is 5.95 Å². The van der Waals surface area contributed by atoms with Crippen LogP contribution in [0.25, 0.3) is 11.0 Å². The van der Waals surface area contributed by atoms with Crippen LogP contribution in [-0.2, 0) is 0 Å². The Hall–Kier alpha value is -1.65. The monoisotopic (exact) mass is 205 g/mol. The molecule has 0 atom stereocenters. The SMILES string of the molecule is CCCCNc1nc(C)c2[nH]ncc2n1. The van der Waals surface area contributed by atoms with Crippen molar-refractivity contribution in [2.24, 2.45) is 0 Å². The number of nitrogens with one attached hydrogen (secondary N) is 2. The average Bonchev–Trinajstić information content (AvgIpc) is 2.66. The van der Waals surface area contributed by atoms with Gasteiger partial charge >= 0.3 is 0 Å². The van der Waals surface area contributed by atoms with Gasteiger partial charge in [0.25, 0.3) is 0 Å². The van der Waals surface area contributed by atoms with Gasteiger partial charge < -0.3 is 5.32 Å². The van der Waals surface area contributed by atoms with Crippen LogP contribution in [0.15, 0.2) is 6.20 Å². The highest BCUT2D eigenvalue weighted by Gasteiger charge is 2.04. The Morgan fingerprint density at radius 1 is 1.40 bits per heavy atom. The van der Waals surface area contributed by atoms with Crippen molar-refractivity contribution in [1.82, 2.24) is 20.2 Å². The molecule has 0 fully saturated rings. The number of fused-ring (bicyclic) bond motifs is 1. The molecule has 15 heavy (non-hydrogen) atoms. The third-order valence-electron chi connectivity index (χ3n) is 2.29. The van der Waals surface area contributed by atoms with Gasteiger partial charge in [-0.25, -0.2) is 9.97 Å². The van der Waals surface area contributed by atoms with Crippen LogP contribution >= 0.6 is 0 Å². The fraction of sp³-hybridized carbons (Fsp3) is 0.500. The summed E-state index contributed by atoms with van der Waals surface area (Å²) in [7, 11) is 0. The molecule has 0 radical (unpaired) electrons. The minimum Gasteiger partial charge on any atom is -0.354 e. The molecule has 0 aliphatic rings. The predicted octanol–water partition coefficient (Wildman–Crippen LogP) is 1.87. The van der Waals surface area contributed by atoms with E-state index in [1.807, 2.05) is 6.92 Å². The Balaban J connectivity index is 2.21. The van der Waals surface area contributed by atoms with Crippen LogP contribution in [-0.4, -0.2) is 26.7 Å². The maximum atomic E-state index is 4.35. The van der Waals surface area contributed by atoms with Crippen molar-refractivity contribution in [2.45, 2.75) is 26.7 Å². The van der Waals surface area contributed by atoms with E-state index in [0.717, 1.165) is 29.7 Å². The van der Waals surface area contributed by atoms with Gasteiger partial charge in [-0.1, -0.05) is 13.3 Å². The molecule has 0 amide bonds. The van der Waals surface area contributed by atoms with Crippen LogP contribution < -0.4 is 5.32 Å². The van der Waals surface area contributed by atoms with Gasteiger partial charge in [-0.3, -0.25) is 5.10 Å². The summed E-state index contributed by atoms with van der Waals surface area (Å²) in [6.07, 6.45) is 4.01. The maximum absolute atomic E-state index is 4.35. The summed E-state index contributed by atoms with van der Waals surface area (Å²) in [5.74, 6) is 0.690. The van der Waals surface area contributed by atoms with E-state index in [-0.39, 0.29) is 0 Å². The van der Waals surface area contributed by atoms with E-state index in [1.165, 1.54) is 6.42 Å². The average molecular weight is 205 g/mol. The second kappa shape index (κ2) is 4.25. The Morgan fingerprint density at radius 2 is 2.27 bits per heavy atom. The van der Waals surface area contributed by atoms with E-state index >= 15 is 0 Å². The molecule has 0 bridgehead atoms. The molecule has 0 saturated carbocycles. The van der Waals surface area contributed by atoms with Crippen LogP contribution in [0.1, 0.15) is 25.5 Å². The second-order valence-electron chi connectivity index (χ2n) is 3.54.